The minimum absolute atomic E-state index is 0.0534. The van der Waals surface area contributed by atoms with Gasteiger partial charge in [0.25, 0.3) is 5.56 Å². The van der Waals surface area contributed by atoms with Crippen molar-refractivity contribution in [2.24, 2.45) is 0 Å². The monoisotopic (exact) mass is 315 g/mol. The topological polar surface area (TPSA) is 65.2 Å². The summed E-state index contributed by atoms with van der Waals surface area (Å²) >= 11 is 0. The summed E-state index contributed by atoms with van der Waals surface area (Å²) in [5, 5.41) is 3.95. The van der Waals surface area contributed by atoms with E-state index in [-0.39, 0.29) is 11.5 Å². The third-order valence-corrected chi connectivity index (χ3v) is 3.84. The minimum atomic E-state index is -0.0534. The second-order valence-electron chi connectivity index (χ2n) is 6.21. The largest absolute Gasteiger partial charge is 0.356 e. The molecule has 124 valence electrons. The first-order valence-corrected chi connectivity index (χ1v) is 7.99. The highest BCUT2D eigenvalue weighted by atomic mass is 16.1. The zero-order valence-corrected chi connectivity index (χ0v) is 14.1. The van der Waals surface area contributed by atoms with E-state index in [0.29, 0.717) is 18.4 Å². The van der Waals surface area contributed by atoms with Gasteiger partial charge in [0.05, 0.1) is 0 Å². The van der Waals surface area contributed by atoms with Crippen molar-refractivity contribution in [3.05, 3.63) is 45.7 Å². The van der Waals surface area contributed by atoms with Crippen LogP contribution in [-0.4, -0.2) is 43.0 Å². The van der Waals surface area contributed by atoms with Gasteiger partial charge in [0.1, 0.15) is 0 Å². The van der Waals surface area contributed by atoms with Gasteiger partial charge >= 0.3 is 0 Å². The summed E-state index contributed by atoms with van der Waals surface area (Å²) in [6.07, 6.45) is 2.14. The average molecular weight is 315 g/mol. The Bertz CT molecular complexity index is 735. The maximum atomic E-state index is 11.9. The fourth-order valence-electron chi connectivity index (χ4n) is 2.49. The van der Waals surface area contributed by atoms with E-state index >= 15 is 0 Å². The van der Waals surface area contributed by atoms with Gasteiger partial charge in [-0.3, -0.25) is 9.59 Å². The van der Waals surface area contributed by atoms with Gasteiger partial charge in [-0.15, -0.1) is 0 Å². The van der Waals surface area contributed by atoms with E-state index < -0.39 is 0 Å². The molecule has 1 aromatic carbocycles. The van der Waals surface area contributed by atoms with Gasteiger partial charge in [-0.2, -0.15) is 0 Å². The summed E-state index contributed by atoms with van der Waals surface area (Å²) in [5.74, 6) is 0.0847. The highest BCUT2D eigenvalue weighted by molar-refractivity contribution is 5.80. The van der Waals surface area contributed by atoms with Crippen molar-refractivity contribution in [2.45, 2.75) is 26.2 Å². The smallest absolute Gasteiger partial charge is 0.251 e. The number of fused-ring (bicyclic) bond motifs is 1. The van der Waals surface area contributed by atoms with Crippen molar-refractivity contribution >= 4 is 16.8 Å². The van der Waals surface area contributed by atoms with Gasteiger partial charge < -0.3 is 15.2 Å². The minimum Gasteiger partial charge on any atom is -0.356 e. The van der Waals surface area contributed by atoms with E-state index in [1.165, 1.54) is 0 Å². The molecule has 2 N–H and O–H groups in total. The fraction of sp³-hybridized carbons (Fsp3) is 0.444. The van der Waals surface area contributed by atoms with E-state index in [1.54, 1.807) is 6.92 Å². The quantitative estimate of drug-likeness (QED) is 0.766. The lowest BCUT2D eigenvalue weighted by molar-refractivity contribution is -0.121. The lowest BCUT2D eigenvalue weighted by atomic mass is 10.1. The highest BCUT2D eigenvalue weighted by Gasteiger charge is 2.04. The molecule has 0 atom stereocenters. The summed E-state index contributed by atoms with van der Waals surface area (Å²) in [4.78, 5) is 28.4. The van der Waals surface area contributed by atoms with Crippen LogP contribution in [-0.2, 0) is 11.2 Å². The number of benzene rings is 1. The number of rotatable bonds is 7. The summed E-state index contributed by atoms with van der Waals surface area (Å²) in [6.45, 7) is 3.49. The van der Waals surface area contributed by atoms with Crippen LogP contribution in [0.25, 0.3) is 10.9 Å². The van der Waals surface area contributed by atoms with Crippen LogP contribution in [0.5, 0.6) is 0 Å². The van der Waals surface area contributed by atoms with E-state index in [1.807, 2.05) is 38.4 Å². The van der Waals surface area contributed by atoms with Gasteiger partial charge in [0.2, 0.25) is 5.91 Å². The van der Waals surface area contributed by atoms with Crippen molar-refractivity contribution < 1.29 is 4.79 Å². The first kappa shape index (κ1) is 17.2. The lowest BCUT2D eigenvalue weighted by Gasteiger charge is -2.10. The number of carbonyl (C=O) groups is 1. The number of pyridine rings is 1. The molecule has 5 nitrogen and oxygen atoms in total. The van der Waals surface area contributed by atoms with Gasteiger partial charge in [-0.1, -0.05) is 6.07 Å². The molecule has 0 aliphatic rings. The maximum absolute atomic E-state index is 11.9. The molecule has 0 aliphatic heterocycles. The van der Waals surface area contributed by atoms with E-state index in [9.17, 15) is 9.59 Å². The first-order chi connectivity index (χ1) is 11.0. The molecule has 2 rings (SSSR count). The molecular weight excluding hydrogens is 290 g/mol. The number of nitrogens with one attached hydrogen (secondary N) is 2. The summed E-state index contributed by atoms with van der Waals surface area (Å²) in [6, 6.07) is 7.80. The second kappa shape index (κ2) is 7.92. The molecule has 2 aromatic rings. The Hall–Kier alpha value is -2.14. The lowest BCUT2D eigenvalue weighted by Crippen LogP contribution is -2.27. The van der Waals surface area contributed by atoms with Gasteiger partial charge in [-0.05, 0) is 69.6 Å². The van der Waals surface area contributed by atoms with Crippen molar-refractivity contribution in [1.82, 2.24) is 15.2 Å². The normalized spacial score (nSPS) is 11.1. The molecule has 1 amide bonds. The molecule has 0 unspecified atom stereocenters. The molecule has 0 aliphatic carbocycles. The Kier molecular flexibility index (Phi) is 5.93. The number of aromatic amines is 1. The molecule has 5 heteroatoms. The van der Waals surface area contributed by atoms with Gasteiger partial charge in [-0.25, -0.2) is 0 Å². The van der Waals surface area contributed by atoms with Gasteiger partial charge in [0, 0.05) is 24.0 Å². The molecule has 0 spiro atoms. The summed E-state index contributed by atoms with van der Waals surface area (Å²) in [5.41, 5.74) is 2.58. The van der Waals surface area contributed by atoms with Crippen LogP contribution in [0.4, 0.5) is 0 Å². The molecule has 0 fully saturated rings. The number of hydrogen-bond acceptors (Lipinski definition) is 3. The number of aryl methyl sites for hydroxylation is 2. The molecular formula is C18H25N3O2. The van der Waals surface area contributed by atoms with Crippen LogP contribution < -0.4 is 10.9 Å². The average Bonchev–Trinajstić information content (AvgIpc) is 2.50. The molecule has 0 saturated carbocycles. The maximum Gasteiger partial charge on any atom is 0.251 e. The van der Waals surface area contributed by atoms with Crippen LogP contribution in [0.2, 0.25) is 0 Å². The molecule has 0 bridgehead atoms. The summed E-state index contributed by atoms with van der Waals surface area (Å²) < 4.78 is 0. The van der Waals surface area contributed by atoms with Crippen LogP contribution >= 0.6 is 0 Å². The molecule has 1 heterocycles. The van der Waals surface area contributed by atoms with E-state index in [2.05, 4.69) is 15.2 Å². The molecule has 0 saturated heterocycles. The third-order valence-electron chi connectivity index (χ3n) is 3.84. The predicted molar refractivity (Wildman–Crippen MR) is 93.8 cm³/mol. The number of hydrogen-bond donors (Lipinski definition) is 2. The second-order valence-corrected chi connectivity index (χ2v) is 6.21. The van der Waals surface area contributed by atoms with E-state index in [4.69, 9.17) is 0 Å². The Morgan fingerprint density at radius 3 is 2.78 bits per heavy atom. The fourth-order valence-corrected chi connectivity index (χ4v) is 2.49. The number of nitrogens with zero attached hydrogens (tertiary/aromatic N) is 1. The zero-order chi connectivity index (χ0) is 16.8. The Balaban J connectivity index is 1.88. The van der Waals surface area contributed by atoms with Crippen LogP contribution in [0, 0.1) is 6.92 Å². The summed E-state index contributed by atoms with van der Waals surface area (Å²) in [7, 11) is 4.05. The van der Waals surface area contributed by atoms with Crippen LogP contribution in [0.1, 0.15) is 24.0 Å². The van der Waals surface area contributed by atoms with Gasteiger partial charge in [0.15, 0.2) is 0 Å². The van der Waals surface area contributed by atoms with Crippen LogP contribution in [0.15, 0.2) is 29.1 Å². The Labute approximate surface area is 136 Å². The van der Waals surface area contributed by atoms with Crippen molar-refractivity contribution in [1.29, 1.82) is 0 Å². The molecule has 1 aromatic heterocycles. The number of amides is 1. The number of aromatic nitrogens is 1. The first-order valence-electron chi connectivity index (χ1n) is 7.99. The van der Waals surface area contributed by atoms with Crippen LogP contribution in [0.3, 0.4) is 0 Å². The number of H-pyrrole nitrogens is 1. The highest BCUT2D eigenvalue weighted by Crippen LogP contribution is 2.14. The molecule has 23 heavy (non-hydrogen) atoms. The third kappa shape index (κ3) is 5.21. The SMILES string of the molecule is Cc1cc2cc(CCC(=O)NCCCN(C)C)ccc2[nH]c1=O. The standard InChI is InChI=1S/C18H25N3O2/c1-13-11-15-12-14(5-7-16(15)20-18(13)23)6-8-17(22)19-9-4-10-21(2)3/h5,7,11-12H,4,6,8-10H2,1-3H3,(H,19,22)(H,20,23). The Morgan fingerprint density at radius 1 is 1.26 bits per heavy atom. The number of carbonyl (C=O) groups excluding carboxylic acids is 1. The molecule has 0 radical (unpaired) electrons. The van der Waals surface area contributed by atoms with Crippen molar-refractivity contribution in [3.8, 4) is 0 Å². The Morgan fingerprint density at radius 2 is 2.04 bits per heavy atom. The van der Waals surface area contributed by atoms with Crippen molar-refractivity contribution in [2.75, 3.05) is 27.2 Å². The predicted octanol–water partition coefficient (Wildman–Crippen LogP) is 1.84. The zero-order valence-electron chi connectivity index (χ0n) is 14.1. The van der Waals surface area contributed by atoms with E-state index in [0.717, 1.165) is 36.0 Å². The van der Waals surface area contributed by atoms with Crippen molar-refractivity contribution in [3.63, 3.8) is 0 Å².